The van der Waals surface area contributed by atoms with Gasteiger partial charge >= 0.3 is 0 Å². The molecule has 0 fully saturated rings. The van der Waals surface area contributed by atoms with Gasteiger partial charge in [0, 0.05) is 19.6 Å². The Morgan fingerprint density at radius 2 is 1.94 bits per heavy atom. The van der Waals surface area contributed by atoms with Crippen molar-refractivity contribution in [2.45, 2.75) is 32.7 Å². The maximum atomic E-state index is 12.2. The largest absolute Gasteiger partial charge is 0.396 e. The van der Waals surface area contributed by atoms with E-state index in [9.17, 15) is 9.90 Å². The molecule has 1 amide bonds. The summed E-state index contributed by atoms with van der Waals surface area (Å²) < 4.78 is 0. The topological polar surface area (TPSA) is 40.5 Å². The first kappa shape index (κ1) is 14.7. The highest BCUT2D eigenvalue weighted by Gasteiger charge is 2.23. The quantitative estimate of drug-likeness (QED) is 0.842. The van der Waals surface area contributed by atoms with Crippen LogP contribution in [0.15, 0.2) is 30.3 Å². The number of aliphatic hydroxyl groups is 1. The lowest BCUT2D eigenvalue weighted by molar-refractivity contribution is -0.136. The third kappa shape index (κ3) is 3.57. The van der Waals surface area contributed by atoms with Crippen LogP contribution in [0.5, 0.6) is 0 Å². The van der Waals surface area contributed by atoms with Gasteiger partial charge < -0.3 is 10.0 Å². The second kappa shape index (κ2) is 7.17. The number of amides is 1. The minimum atomic E-state index is -0.0438. The maximum Gasteiger partial charge on any atom is 0.225 e. The molecule has 2 atom stereocenters. The van der Waals surface area contributed by atoms with Crippen LogP contribution < -0.4 is 0 Å². The van der Waals surface area contributed by atoms with Gasteiger partial charge in [-0.05, 0) is 18.4 Å². The number of hydrogen-bond acceptors (Lipinski definition) is 2. The van der Waals surface area contributed by atoms with Crippen molar-refractivity contribution < 1.29 is 9.90 Å². The zero-order chi connectivity index (χ0) is 13.5. The Morgan fingerprint density at radius 1 is 1.33 bits per heavy atom. The Labute approximate surface area is 109 Å². The normalized spacial score (nSPS) is 14.0. The standard InChI is InChI=1S/C15H23NO2/c1-4-12(2)15(18)16(3)14(10-11-17)13-8-6-5-7-9-13/h5-9,12,14,17H,4,10-11H2,1-3H3/t12-,14-/m0/s1. The molecule has 0 aliphatic rings. The van der Waals surface area contributed by atoms with Crippen LogP contribution in [0.1, 0.15) is 38.3 Å². The molecule has 18 heavy (non-hydrogen) atoms. The average molecular weight is 249 g/mol. The molecule has 1 rings (SSSR count). The van der Waals surface area contributed by atoms with Gasteiger partial charge in [0.15, 0.2) is 0 Å². The lowest BCUT2D eigenvalue weighted by atomic mass is 10.00. The van der Waals surface area contributed by atoms with Gasteiger partial charge in [-0.15, -0.1) is 0 Å². The summed E-state index contributed by atoms with van der Waals surface area (Å²) in [6.07, 6.45) is 1.41. The molecule has 3 nitrogen and oxygen atoms in total. The Balaban J connectivity index is 2.88. The predicted molar refractivity (Wildman–Crippen MR) is 73.1 cm³/mol. The summed E-state index contributed by atoms with van der Waals surface area (Å²) in [6, 6.07) is 9.83. The third-order valence-electron chi connectivity index (χ3n) is 3.44. The molecular weight excluding hydrogens is 226 g/mol. The molecule has 0 spiro atoms. The Morgan fingerprint density at radius 3 is 2.44 bits per heavy atom. The smallest absolute Gasteiger partial charge is 0.225 e. The van der Waals surface area contributed by atoms with Gasteiger partial charge in [-0.2, -0.15) is 0 Å². The van der Waals surface area contributed by atoms with Gasteiger partial charge in [-0.1, -0.05) is 44.2 Å². The highest BCUT2D eigenvalue weighted by Crippen LogP contribution is 2.24. The summed E-state index contributed by atoms with van der Waals surface area (Å²) in [5.41, 5.74) is 1.07. The van der Waals surface area contributed by atoms with E-state index in [1.165, 1.54) is 0 Å². The molecule has 0 unspecified atom stereocenters. The van der Waals surface area contributed by atoms with Gasteiger partial charge in [-0.3, -0.25) is 4.79 Å². The van der Waals surface area contributed by atoms with Crippen molar-refractivity contribution in [1.82, 2.24) is 4.90 Å². The zero-order valence-corrected chi connectivity index (χ0v) is 11.5. The van der Waals surface area contributed by atoms with Gasteiger partial charge in [0.05, 0.1) is 6.04 Å². The molecule has 0 aliphatic heterocycles. The summed E-state index contributed by atoms with van der Waals surface area (Å²) in [5.74, 6) is 0.166. The second-order valence-electron chi connectivity index (χ2n) is 4.70. The molecule has 1 N–H and O–H groups in total. The van der Waals surface area contributed by atoms with E-state index in [1.54, 1.807) is 4.90 Å². The molecule has 0 bridgehead atoms. The first-order valence-electron chi connectivity index (χ1n) is 6.54. The summed E-state index contributed by atoms with van der Waals surface area (Å²) in [4.78, 5) is 14.0. The molecule has 100 valence electrons. The van der Waals surface area contributed by atoms with Crippen molar-refractivity contribution in [3.8, 4) is 0 Å². The van der Waals surface area contributed by atoms with Crippen molar-refractivity contribution in [3.05, 3.63) is 35.9 Å². The van der Waals surface area contributed by atoms with Gasteiger partial charge in [0.2, 0.25) is 5.91 Å². The Kier molecular flexibility index (Phi) is 5.86. The van der Waals surface area contributed by atoms with Crippen LogP contribution in [0.25, 0.3) is 0 Å². The maximum absolute atomic E-state index is 12.2. The minimum Gasteiger partial charge on any atom is -0.396 e. The van der Waals surface area contributed by atoms with Crippen molar-refractivity contribution in [1.29, 1.82) is 0 Å². The lowest BCUT2D eigenvalue weighted by Gasteiger charge is -2.30. The molecule has 0 radical (unpaired) electrons. The number of carbonyl (C=O) groups excluding carboxylic acids is 1. The van der Waals surface area contributed by atoms with E-state index in [0.717, 1.165) is 12.0 Å². The van der Waals surface area contributed by atoms with Crippen molar-refractivity contribution >= 4 is 5.91 Å². The average Bonchev–Trinajstić information content (AvgIpc) is 2.43. The van der Waals surface area contributed by atoms with Crippen LogP contribution in [0.4, 0.5) is 0 Å². The SMILES string of the molecule is CC[C@H](C)C(=O)N(C)[C@@H](CCO)c1ccccc1. The first-order chi connectivity index (χ1) is 8.61. The lowest BCUT2D eigenvalue weighted by Crippen LogP contribution is -2.35. The molecule has 1 aromatic carbocycles. The van der Waals surface area contributed by atoms with Crippen LogP contribution >= 0.6 is 0 Å². The van der Waals surface area contributed by atoms with Gasteiger partial charge in [0.1, 0.15) is 0 Å². The van der Waals surface area contributed by atoms with E-state index in [0.29, 0.717) is 6.42 Å². The van der Waals surface area contributed by atoms with E-state index >= 15 is 0 Å². The van der Waals surface area contributed by atoms with Crippen molar-refractivity contribution in [3.63, 3.8) is 0 Å². The number of carbonyl (C=O) groups is 1. The summed E-state index contributed by atoms with van der Waals surface area (Å²) >= 11 is 0. The fourth-order valence-corrected chi connectivity index (χ4v) is 2.06. The van der Waals surface area contributed by atoms with Crippen molar-refractivity contribution in [2.75, 3.05) is 13.7 Å². The minimum absolute atomic E-state index is 0.0277. The third-order valence-corrected chi connectivity index (χ3v) is 3.44. The van der Waals surface area contributed by atoms with Gasteiger partial charge in [0.25, 0.3) is 0 Å². The zero-order valence-electron chi connectivity index (χ0n) is 11.5. The van der Waals surface area contributed by atoms with Crippen LogP contribution in [0, 0.1) is 5.92 Å². The molecule has 3 heteroatoms. The molecule has 1 aromatic rings. The van der Waals surface area contributed by atoms with E-state index in [2.05, 4.69) is 0 Å². The Bertz CT molecular complexity index is 364. The fourth-order valence-electron chi connectivity index (χ4n) is 2.06. The fraction of sp³-hybridized carbons (Fsp3) is 0.533. The van der Waals surface area contributed by atoms with Gasteiger partial charge in [-0.25, -0.2) is 0 Å². The van der Waals surface area contributed by atoms with Crippen LogP contribution in [-0.4, -0.2) is 29.6 Å². The number of nitrogens with zero attached hydrogens (tertiary/aromatic N) is 1. The van der Waals surface area contributed by atoms with Crippen LogP contribution in [-0.2, 0) is 4.79 Å². The molecular formula is C15H23NO2. The number of hydrogen-bond donors (Lipinski definition) is 1. The second-order valence-corrected chi connectivity index (χ2v) is 4.70. The summed E-state index contributed by atoms with van der Waals surface area (Å²) in [6.45, 7) is 4.04. The monoisotopic (exact) mass is 249 g/mol. The molecule has 0 heterocycles. The molecule has 0 aliphatic carbocycles. The van der Waals surface area contributed by atoms with E-state index in [1.807, 2.05) is 51.2 Å². The van der Waals surface area contributed by atoms with E-state index in [4.69, 9.17) is 0 Å². The van der Waals surface area contributed by atoms with E-state index < -0.39 is 0 Å². The molecule has 0 saturated carbocycles. The van der Waals surface area contributed by atoms with Crippen LogP contribution in [0.2, 0.25) is 0 Å². The Hall–Kier alpha value is -1.35. The highest BCUT2D eigenvalue weighted by molar-refractivity contribution is 5.78. The van der Waals surface area contributed by atoms with Crippen LogP contribution in [0.3, 0.4) is 0 Å². The molecule has 0 aromatic heterocycles. The number of benzene rings is 1. The first-order valence-corrected chi connectivity index (χ1v) is 6.54. The number of rotatable bonds is 6. The predicted octanol–water partition coefficient (Wildman–Crippen LogP) is 2.61. The highest BCUT2D eigenvalue weighted by atomic mass is 16.3. The molecule has 0 saturated heterocycles. The summed E-state index contributed by atoms with van der Waals surface area (Å²) in [5, 5.41) is 9.19. The summed E-state index contributed by atoms with van der Waals surface area (Å²) in [7, 11) is 1.82. The van der Waals surface area contributed by atoms with E-state index in [-0.39, 0.29) is 24.5 Å². The number of aliphatic hydroxyl groups excluding tert-OH is 1. The van der Waals surface area contributed by atoms with Crippen molar-refractivity contribution in [2.24, 2.45) is 5.92 Å².